The molecule has 0 fully saturated rings. The molecule has 1 rings (SSSR count). The maximum atomic E-state index is 6.20. The van der Waals surface area contributed by atoms with Crippen LogP contribution in [0.1, 0.15) is 51.7 Å². The van der Waals surface area contributed by atoms with Crippen molar-refractivity contribution in [2.24, 2.45) is 0 Å². The van der Waals surface area contributed by atoms with Crippen LogP contribution in [-0.2, 0) is 0 Å². The highest BCUT2D eigenvalue weighted by molar-refractivity contribution is 6.32. The molecule has 0 aliphatic rings. The largest absolute Gasteiger partial charge is 0.489 e. The van der Waals surface area contributed by atoms with Gasteiger partial charge >= 0.3 is 0 Å². The van der Waals surface area contributed by atoms with E-state index in [1.54, 1.807) is 0 Å². The molecule has 1 aromatic carbocycles. The lowest BCUT2D eigenvalue weighted by molar-refractivity contribution is 0.175. The Morgan fingerprint density at radius 2 is 1.75 bits per heavy atom. The zero-order chi connectivity index (χ0) is 15.3. The SMILES string of the molecule is CCCC(CNC(C)(C)C)Oc1cc(C)c(Cl)c(C)c1. The highest BCUT2D eigenvalue weighted by Crippen LogP contribution is 2.26. The first-order valence-electron chi connectivity index (χ1n) is 7.41. The first-order chi connectivity index (χ1) is 9.23. The Hall–Kier alpha value is -0.730. The molecule has 0 heterocycles. The summed E-state index contributed by atoms with van der Waals surface area (Å²) in [6, 6.07) is 4.05. The molecule has 0 spiro atoms. The predicted molar refractivity (Wildman–Crippen MR) is 88.0 cm³/mol. The lowest BCUT2D eigenvalue weighted by Crippen LogP contribution is -2.42. The fourth-order valence-electron chi connectivity index (χ4n) is 2.11. The van der Waals surface area contributed by atoms with Gasteiger partial charge in [-0.05, 0) is 64.3 Å². The molecule has 0 bridgehead atoms. The van der Waals surface area contributed by atoms with Gasteiger partial charge in [0.05, 0.1) is 0 Å². The summed E-state index contributed by atoms with van der Waals surface area (Å²) in [5, 5.41) is 4.35. The van der Waals surface area contributed by atoms with E-state index < -0.39 is 0 Å². The minimum atomic E-state index is 0.112. The van der Waals surface area contributed by atoms with Crippen molar-refractivity contribution in [1.82, 2.24) is 5.32 Å². The maximum Gasteiger partial charge on any atom is 0.120 e. The third kappa shape index (κ3) is 5.72. The summed E-state index contributed by atoms with van der Waals surface area (Å²) in [6.45, 7) is 13.6. The van der Waals surface area contributed by atoms with Crippen molar-refractivity contribution in [2.75, 3.05) is 6.54 Å². The lowest BCUT2D eigenvalue weighted by atomic mass is 10.1. The molecule has 2 nitrogen and oxygen atoms in total. The average molecular weight is 298 g/mol. The van der Waals surface area contributed by atoms with E-state index in [-0.39, 0.29) is 11.6 Å². The van der Waals surface area contributed by atoms with Crippen molar-refractivity contribution in [3.8, 4) is 5.75 Å². The van der Waals surface area contributed by atoms with Gasteiger partial charge in [0.1, 0.15) is 11.9 Å². The van der Waals surface area contributed by atoms with E-state index in [1.807, 2.05) is 26.0 Å². The second-order valence-electron chi connectivity index (χ2n) is 6.53. The third-order valence-electron chi connectivity index (χ3n) is 3.18. The van der Waals surface area contributed by atoms with E-state index in [0.717, 1.165) is 41.3 Å². The molecule has 1 atom stereocenters. The number of benzene rings is 1. The average Bonchev–Trinajstić information content (AvgIpc) is 2.32. The van der Waals surface area contributed by atoms with Crippen molar-refractivity contribution in [3.05, 3.63) is 28.3 Å². The summed E-state index contributed by atoms with van der Waals surface area (Å²) < 4.78 is 6.15. The van der Waals surface area contributed by atoms with E-state index in [0.29, 0.717) is 0 Å². The number of ether oxygens (including phenoxy) is 1. The van der Waals surface area contributed by atoms with Crippen molar-refractivity contribution in [1.29, 1.82) is 0 Å². The van der Waals surface area contributed by atoms with Crippen LogP contribution < -0.4 is 10.1 Å². The van der Waals surface area contributed by atoms with Crippen molar-refractivity contribution in [3.63, 3.8) is 0 Å². The van der Waals surface area contributed by atoms with Crippen LogP contribution in [0.4, 0.5) is 0 Å². The summed E-state index contributed by atoms with van der Waals surface area (Å²) in [7, 11) is 0. The molecule has 1 unspecified atom stereocenters. The van der Waals surface area contributed by atoms with Gasteiger partial charge in [0, 0.05) is 17.1 Å². The zero-order valence-corrected chi connectivity index (χ0v) is 14.4. The smallest absolute Gasteiger partial charge is 0.120 e. The van der Waals surface area contributed by atoms with Crippen molar-refractivity contribution < 1.29 is 4.74 Å². The normalized spacial score (nSPS) is 13.3. The van der Waals surface area contributed by atoms with Gasteiger partial charge < -0.3 is 10.1 Å². The molecule has 0 saturated heterocycles. The molecule has 114 valence electrons. The summed E-state index contributed by atoms with van der Waals surface area (Å²) in [4.78, 5) is 0. The van der Waals surface area contributed by atoms with Crippen LogP contribution in [0.3, 0.4) is 0 Å². The van der Waals surface area contributed by atoms with Crippen LogP contribution in [0.15, 0.2) is 12.1 Å². The number of hydrogen-bond acceptors (Lipinski definition) is 2. The van der Waals surface area contributed by atoms with Crippen LogP contribution in [0, 0.1) is 13.8 Å². The standard InChI is InChI=1S/C17H28ClNO/c1-7-8-14(11-19-17(4,5)6)20-15-9-12(2)16(18)13(3)10-15/h9-10,14,19H,7-8,11H2,1-6H3. The van der Waals surface area contributed by atoms with Crippen LogP contribution in [0.5, 0.6) is 5.75 Å². The molecule has 0 aliphatic carbocycles. The highest BCUT2D eigenvalue weighted by Gasteiger charge is 2.15. The maximum absolute atomic E-state index is 6.20. The molecular formula is C17H28ClNO. The van der Waals surface area contributed by atoms with Gasteiger partial charge in [-0.3, -0.25) is 0 Å². The van der Waals surface area contributed by atoms with Crippen molar-refractivity contribution >= 4 is 11.6 Å². The number of halogens is 1. The Morgan fingerprint density at radius 3 is 2.20 bits per heavy atom. The Morgan fingerprint density at radius 1 is 1.20 bits per heavy atom. The van der Waals surface area contributed by atoms with E-state index in [2.05, 4.69) is 33.0 Å². The molecule has 0 saturated carbocycles. The van der Waals surface area contributed by atoms with E-state index in [4.69, 9.17) is 16.3 Å². The molecule has 1 aromatic rings. The van der Waals surface area contributed by atoms with Gasteiger partial charge in [0.25, 0.3) is 0 Å². The van der Waals surface area contributed by atoms with E-state index in [9.17, 15) is 0 Å². The molecule has 0 radical (unpaired) electrons. The third-order valence-corrected chi connectivity index (χ3v) is 3.78. The number of nitrogens with one attached hydrogen (secondary N) is 1. The first-order valence-corrected chi connectivity index (χ1v) is 7.79. The Balaban J connectivity index is 2.75. The van der Waals surface area contributed by atoms with Crippen LogP contribution in [0.2, 0.25) is 5.02 Å². The van der Waals surface area contributed by atoms with Crippen LogP contribution in [0.25, 0.3) is 0 Å². The van der Waals surface area contributed by atoms with Gasteiger partial charge in [-0.25, -0.2) is 0 Å². The summed E-state index contributed by atoms with van der Waals surface area (Å²) >= 11 is 6.20. The molecular weight excluding hydrogens is 270 g/mol. The minimum absolute atomic E-state index is 0.112. The quantitative estimate of drug-likeness (QED) is 0.807. The molecule has 20 heavy (non-hydrogen) atoms. The van der Waals surface area contributed by atoms with Gasteiger partial charge in [-0.1, -0.05) is 24.9 Å². The van der Waals surface area contributed by atoms with Crippen LogP contribution >= 0.6 is 11.6 Å². The molecule has 0 aliphatic heterocycles. The van der Waals surface area contributed by atoms with Gasteiger partial charge in [0.15, 0.2) is 0 Å². The van der Waals surface area contributed by atoms with Gasteiger partial charge in [-0.2, -0.15) is 0 Å². The monoisotopic (exact) mass is 297 g/mol. The Labute approximate surface area is 128 Å². The Bertz CT molecular complexity index is 414. The molecule has 3 heteroatoms. The fourth-order valence-corrected chi connectivity index (χ4v) is 2.22. The van der Waals surface area contributed by atoms with E-state index in [1.165, 1.54) is 0 Å². The fraction of sp³-hybridized carbons (Fsp3) is 0.647. The number of rotatable bonds is 6. The topological polar surface area (TPSA) is 21.3 Å². The number of aryl methyl sites for hydroxylation is 2. The number of hydrogen-bond donors (Lipinski definition) is 1. The first kappa shape index (κ1) is 17.3. The summed E-state index contributed by atoms with van der Waals surface area (Å²) in [6.07, 6.45) is 2.35. The molecule has 0 aromatic heterocycles. The zero-order valence-electron chi connectivity index (χ0n) is 13.6. The van der Waals surface area contributed by atoms with Gasteiger partial charge in [-0.15, -0.1) is 0 Å². The highest BCUT2D eigenvalue weighted by atomic mass is 35.5. The second-order valence-corrected chi connectivity index (χ2v) is 6.91. The van der Waals surface area contributed by atoms with E-state index >= 15 is 0 Å². The minimum Gasteiger partial charge on any atom is -0.489 e. The summed E-state index contributed by atoms with van der Waals surface area (Å²) in [5.74, 6) is 0.915. The van der Waals surface area contributed by atoms with Crippen LogP contribution in [-0.4, -0.2) is 18.2 Å². The van der Waals surface area contributed by atoms with Crippen molar-refractivity contribution in [2.45, 2.75) is 66.0 Å². The molecule has 1 N–H and O–H groups in total. The Kier molecular flexibility index (Phi) is 6.35. The lowest BCUT2D eigenvalue weighted by Gasteiger charge is -2.26. The second kappa shape index (κ2) is 7.33. The molecule has 0 amide bonds. The van der Waals surface area contributed by atoms with Gasteiger partial charge in [0.2, 0.25) is 0 Å². The summed E-state index contributed by atoms with van der Waals surface area (Å²) in [5.41, 5.74) is 2.25. The predicted octanol–water partition coefficient (Wildman–Crippen LogP) is 4.89.